The number of aliphatic imine (C=N–C) groups is 1. The molecule has 2 aliphatic carbocycles. The van der Waals surface area contributed by atoms with Crippen molar-refractivity contribution in [3.05, 3.63) is 83.1 Å². The maximum atomic E-state index is 12.4. The van der Waals surface area contributed by atoms with Crippen molar-refractivity contribution in [1.29, 1.82) is 0 Å². The Kier molecular flexibility index (Phi) is 5.52. The van der Waals surface area contributed by atoms with Gasteiger partial charge in [-0.2, -0.15) is 0 Å². The summed E-state index contributed by atoms with van der Waals surface area (Å²) in [5.74, 6) is -0.0400. The number of hydrogen-bond acceptors (Lipinski definition) is 3. The summed E-state index contributed by atoms with van der Waals surface area (Å²) < 4.78 is 12.4. The minimum Gasteiger partial charge on any atom is -0.512 e. The van der Waals surface area contributed by atoms with E-state index >= 15 is 0 Å². The highest BCUT2D eigenvalue weighted by molar-refractivity contribution is 5.76. The minimum absolute atomic E-state index is 0.166. The summed E-state index contributed by atoms with van der Waals surface area (Å²) in [5.41, 5.74) is 3.37. The van der Waals surface area contributed by atoms with Crippen LogP contribution in [0.25, 0.3) is 11.8 Å². The topological polar surface area (TPSA) is 52.8 Å². The molecule has 0 saturated heterocycles. The Balaban J connectivity index is 1.89. The van der Waals surface area contributed by atoms with Gasteiger partial charge in [-0.1, -0.05) is 48.1 Å². The summed E-state index contributed by atoms with van der Waals surface area (Å²) in [5, 5.41) is 20.8. The van der Waals surface area contributed by atoms with Gasteiger partial charge >= 0.3 is 0 Å². The number of aliphatic hydroxyl groups is 2. The van der Waals surface area contributed by atoms with Gasteiger partial charge in [-0.05, 0) is 31.1 Å². The molecule has 134 valence electrons. The van der Waals surface area contributed by atoms with Crippen LogP contribution >= 0.6 is 0 Å². The number of nitrogens with zero attached hydrogens (tertiary/aromatic N) is 1. The highest BCUT2D eigenvalue weighted by atomic mass is 19.1. The number of benzene rings is 1. The van der Waals surface area contributed by atoms with Crippen LogP contribution in [0.4, 0.5) is 4.39 Å². The maximum Gasteiger partial charge on any atom is 0.145 e. The Labute approximate surface area is 152 Å². The molecule has 4 heteroatoms. The zero-order chi connectivity index (χ0) is 18.5. The lowest BCUT2D eigenvalue weighted by atomic mass is 9.85. The lowest BCUT2D eigenvalue weighted by Crippen LogP contribution is -2.18. The number of rotatable bonds is 4. The first-order valence-electron chi connectivity index (χ1n) is 8.66. The quantitative estimate of drug-likeness (QED) is 0.671. The Morgan fingerprint density at radius 3 is 2.96 bits per heavy atom. The van der Waals surface area contributed by atoms with Crippen LogP contribution in [0.1, 0.15) is 29.5 Å². The monoisotopic (exact) mass is 351 g/mol. The first-order chi connectivity index (χ1) is 12.6. The Morgan fingerprint density at radius 2 is 2.15 bits per heavy atom. The number of aliphatic hydroxyl groups excluding tert-OH is 2. The predicted molar refractivity (Wildman–Crippen MR) is 105 cm³/mol. The second-order valence-corrected chi connectivity index (χ2v) is 6.53. The highest BCUT2D eigenvalue weighted by Crippen LogP contribution is 2.30. The third-order valence-electron chi connectivity index (χ3n) is 4.67. The third kappa shape index (κ3) is 3.85. The fourth-order valence-corrected chi connectivity index (χ4v) is 3.23. The van der Waals surface area contributed by atoms with E-state index in [1.807, 2.05) is 43.4 Å². The van der Waals surface area contributed by atoms with Gasteiger partial charge in [0.1, 0.15) is 5.76 Å². The highest BCUT2D eigenvalue weighted by Gasteiger charge is 2.23. The molecule has 0 fully saturated rings. The van der Waals surface area contributed by atoms with Gasteiger partial charge in [0.05, 0.1) is 17.8 Å². The number of hydrogen-bond donors (Lipinski definition) is 2. The van der Waals surface area contributed by atoms with Crippen molar-refractivity contribution in [2.75, 3.05) is 0 Å². The largest absolute Gasteiger partial charge is 0.512 e. The lowest BCUT2D eigenvalue weighted by Gasteiger charge is -2.22. The number of allylic oxidation sites excluding steroid dienone is 6. The van der Waals surface area contributed by atoms with Crippen molar-refractivity contribution in [2.24, 2.45) is 16.8 Å². The first kappa shape index (κ1) is 17.9. The summed E-state index contributed by atoms with van der Waals surface area (Å²) in [4.78, 5) is 4.52. The molecule has 2 N–H and O–H groups in total. The molecule has 0 radical (unpaired) electrons. The summed E-state index contributed by atoms with van der Waals surface area (Å²) >= 11 is 0. The zero-order valence-corrected chi connectivity index (χ0v) is 14.6. The SMILES string of the molecule is Cc1ccc2c(c1)C(O)=C(/N=C/C1C=CC=C(O)C1C/C=C\F)CC=C2. The van der Waals surface area contributed by atoms with E-state index in [2.05, 4.69) is 4.99 Å². The van der Waals surface area contributed by atoms with Crippen LogP contribution in [0, 0.1) is 18.8 Å². The van der Waals surface area contributed by atoms with Gasteiger partial charge in [-0.25, -0.2) is 4.39 Å². The summed E-state index contributed by atoms with van der Waals surface area (Å²) in [6.45, 7) is 1.98. The van der Waals surface area contributed by atoms with Crippen LogP contribution in [0.2, 0.25) is 0 Å². The molecule has 0 aromatic heterocycles. The van der Waals surface area contributed by atoms with Gasteiger partial charge in [-0.3, -0.25) is 4.99 Å². The van der Waals surface area contributed by atoms with E-state index in [9.17, 15) is 14.6 Å². The van der Waals surface area contributed by atoms with Crippen molar-refractivity contribution < 1.29 is 14.6 Å². The van der Waals surface area contributed by atoms with Crippen molar-refractivity contribution in [1.82, 2.24) is 0 Å². The van der Waals surface area contributed by atoms with E-state index in [-0.39, 0.29) is 23.4 Å². The lowest BCUT2D eigenvalue weighted by molar-refractivity contribution is 0.311. The van der Waals surface area contributed by atoms with Crippen molar-refractivity contribution in [3.63, 3.8) is 0 Å². The second-order valence-electron chi connectivity index (χ2n) is 6.53. The Hall–Kier alpha value is -2.88. The molecule has 0 saturated carbocycles. The molecule has 2 aliphatic rings. The van der Waals surface area contributed by atoms with Gasteiger partial charge in [0, 0.05) is 30.0 Å². The van der Waals surface area contributed by atoms with Gasteiger partial charge in [0.25, 0.3) is 0 Å². The molecule has 0 amide bonds. The summed E-state index contributed by atoms with van der Waals surface area (Å²) in [6.07, 6.45) is 13.8. The van der Waals surface area contributed by atoms with Crippen LogP contribution in [0.3, 0.4) is 0 Å². The van der Waals surface area contributed by atoms with E-state index in [4.69, 9.17) is 0 Å². The molecule has 26 heavy (non-hydrogen) atoms. The molecular formula is C22H22FNO2. The predicted octanol–water partition coefficient (Wildman–Crippen LogP) is 5.83. The summed E-state index contributed by atoms with van der Waals surface area (Å²) in [6, 6.07) is 5.94. The smallest absolute Gasteiger partial charge is 0.145 e. The molecular weight excluding hydrogens is 329 g/mol. The van der Waals surface area contributed by atoms with E-state index in [0.29, 0.717) is 24.9 Å². The fraction of sp³-hybridized carbons (Fsp3) is 0.227. The molecule has 0 heterocycles. The van der Waals surface area contributed by atoms with Crippen molar-refractivity contribution in [3.8, 4) is 0 Å². The van der Waals surface area contributed by atoms with E-state index < -0.39 is 0 Å². The standard InChI is InChI=1S/C22H22FNO2/c1-15-10-11-16-5-2-8-20(22(26)19(16)13-15)24-14-17-6-3-9-21(25)18(17)7-4-12-23/h2-6,9-14,17-18,25-26H,7-8H2,1H3/b12-4-,24-14+. The number of halogens is 1. The van der Waals surface area contributed by atoms with Gasteiger partial charge < -0.3 is 10.2 Å². The third-order valence-corrected chi connectivity index (χ3v) is 4.67. The molecule has 2 unspecified atom stereocenters. The number of fused-ring (bicyclic) bond motifs is 1. The maximum absolute atomic E-state index is 12.4. The Morgan fingerprint density at radius 1 is 1.31 bits per heavy atom. The second kappa shape index (κ2) is 8.00. The molecule has 0 aliphatic heterocycles. The molecule has 3 nitrogen and oxygen atoms in total. The average molecular weight is 351 g/mol. The van der Waals surface area contributed by atoms with Crippen LogP contribution in [-0.2, 0) is 0 Å². The average Bonchev–Trinajstić information content (AvgIpc) is 2.78. The van der Waals surface area contributed by atoms with Crippen LogP contribution in [0.15, 0.2) is 71.4 Å². The van der Waals surface area contributed by atoms with Crippen molar-refractivity contribution >= 4 is 18.0 Å². The first-order valence-corrected chi connectivity index (χ1v) is 8.66. The molecule has 1 aromatic rings. The normalized spacial score (nSPS) is 22.8. The van der Waals surface area contributed by atoms with Gasteiger partial charge in [0.15, 0.2) is 0 Å². The molecule has 1 aromatic carbocycles. The van der Waals surface area contributed by atoms with Gasteiger partial charge in [0.2, 0.25) is 0 Å². The van der Waals surface area contributed by atoms with E-state index in [1.54, 1.807) is 18.4 Å². The van der Waals surface area contributed by atoms with E-state index in [0.717, 1.165) is 16.7 Å². The van der Waals surface area contributed by atoms with Crippen LogP contribution in [-0.4, -0.2) is 16.4 Å². The van der Waals surface area contributed by atoms with Crippen molar-refractivity contribution in [2.45, 2.75) is 19.8 Å². The van der Waals surface area contributed by atoms with Crippen LogP contribution in [0.5, 0.6) is 0 Å². The molecule has 2 atom stereocenters. The number of aryl methyl sites for hydroxylation is 1. The fourth-order valence-electron chi connectivity index (χ4n) is 3.23. The van der Waals surface area contributed by atoms with E-state index in [1.165, 1.54) is 6.08 Å². The Bertz CT molecular complexity index is 859. The molecule has 0 spiro atoms. The van der Waals surface area contributed by atoms with Crippen LogP contribution < -0.4 is 0 Å². The zero-order valence-electron chi connectivity index (χ0n) is 14.6. The van der Waals surface area contributed by atoms with Gasteiger partial charge in [-0.15, -0.1) is 0 Å². The minimum atomic E-state index is -0.255. The molecule has 0 bridgehead atoms. The summed E-state index contributed by atoms with van der Waals surface area (Å²) in [7, 11) is 0. The molecule has 3 rings (SSSR count).